The Hall–Kier alpha value is -1.35. The number of amides is 1. The predicted molar refractivity (Wildman–Crippen MR) is 109 cm³/mol. The average molecular weight is 448 g/mol. The van der Waals surface area contributed by atoms with Crippen molar-refractivity contribution in [2.45, 2.75) is 26.3 Å². The van der Waals surface area contributed by atoms with Crippen molar-refractivity contribution >= 4 is 35.8 Å². The SMILES string of the molecule is CCNC(=NCC(=O)NCCc1ccccc1)NC(C)COC.I. The van der Waals surface area contributed by atoms with Gasteiger partial charge in [0.2, 0.25) is 5.91 Å². The third-order valence-electron chi connectivity index (χ3n) is 3.10. The molecule has 1 rings (SSSR count). The van der Waals surface area contributed by atoms with Crippen LogP contribution in [-0.4, -0.2) is 51.3 Å². The number of nitrogens with zero attached hydrogens (tertiary/aromatic N) is 1. The summed E-state index contributed by atoms with van der Waals surface area (Å²) >= 11 is 0. The molecule has 1 atom stereocenters. The van der Waals surface area contributed by atoms with Crippen LogP contribution in [0.2, 0.25) is 0 Å². The van der Waals surface area contributed by atoms with Gasteiger partial charge in [0.25, 0.3) is 0 Å². The summed E-state index contributed by atoms with van der Waals surface area (Å²) in [5, 5.41) is 9.18. The molecule has 0 radical (unpaired) electrons. The molecule has 1 amide bonds. The molecule has 0 heterocycles. The molecule has 1 aromatic rings. The van der Waals surface area contributed by atoms with Crippen molar-refractivity contribution in [3.8, 4) is 0 Å². The van der Waals surface area contributed by atoms with E-state index in [9.17, 15) is 4.79 Å². The van der Waals surface area contributed by atoms with Crippen LogP contribution in [-0.2, 0) is 16.0 Å². The van der Waals surface area contributed by atoms with Gasteiger partial charge < -0.3 is 20.7 Å². The van der Waals surface area contributed by atoms with Crippen molar-refractivity contribution in [2.75, 3.05) is 33.4 Å². The second-order valence-corrected chi connectivity index (χ2v) is 5.28. The maximum atomic E-state index is 11.9. The first-order chi connectivity index (χ1) is 11.2. The standard InChI is InChI=1S/C17H28N4O2.HI/c1-4-18-17(21-14(2)13-23-3)20-12-16(22)19-11-10-15-8-6-5-7-9-15;/h5-9,14H,4,10-13H2,1-3H3,(H,19,22)(H2,18,20,21);1H. The highest BCUT2D eigenvalue weighted by atomic mass is 127. The first-order valence-corrected chi connectivity index (χ1v) is 8.00. The van der Waals surface area contributed by atoms with E-state index >= 15 is 0 Å². The highest BCUT2D eigenvalue weighted by molar-refractivity contribution is 14.0. The molecule has 0 spiro atoms. The lowest BCUT2D eigenvalue weighted by molar-refractivity contribution is -0.119. The van der Waals surface area contributed by atoms with E-state index in [1.807, 2.05) is 32.0 Å². The van der Waals surface area contributed by atoms with Gasteiger partial charge in [-0.3, -0.25) is 4.79 Å². The van der Waals surface area contributed by atoms with Crippen molar-refractivity contribution in [3.63, 3.8) is 0 Å². The zero-order valence-electron chi connectivity index (χ0n) is 14.7. The number of carbonyl (C=O) groups excluding carboxylic acids is 1. The van der Waals surface area contributed by atoms with Crippen LogP contribution in [0, 0.1) is 0 Å². The fourth-order valence-corrected chi connectivity index (χ4v) is 2.04. The molecule has 0 bridgehead atoms. The molecule has 3 N–H and O–H groups in total. The van der Waals surface area contributed by atoms with E-state index in [4.69, 9.17) is 4.74 Å². The third kappa shape index (κ3) is 10.4. The van der Waals surface area contributed by atoms with E-state index in [0.717, 1.165) is 13.0 Å². The maximum absolute atomic E-state index is 11.9. The summed E-state index contributed by atoms with van der Waals surface area (Å²) in [7, 11) is 1.66. The zero-order chi connectivity index (χ0) is 16.9. The van der Waals surface area contributed by atoms with Gasteiger partial charge in [-0.05, 0) is 25.8 Å². The van der Waals surface area contributed by atoms with Gasteiger partial charge in [0, 0.05) is 26.2 Å². The second kappa shape index (κ2) is 14.0. The van der Waals surface area contributed by atoms with Crippen LogP contribution >= 0.6 is 24.0 Å². The highest BCUT2D eigenvalue weighted by Gasteiger charge is 2.06. The third-order valence-corrected chi connectivity index (χ3v) is 3.10. The fourth-order valence-electron chi connectivity index (χ4n) is 2.04. The van der Waals surface area contributed by atoms with E-state index in [2.05, 4.69) is 33.1 Å². The van der Waals surface area contributed by atoms with Crippen molar-refractivity contribution in [1.29, 1.82) is 0 Å². The van der Waals surface area contributed by atoms with Gasteiger partial charge in [-0.2, -0.15) is 0 Å². The topological polar surface area (TPSA) is 74.8 Å². The van der Waals surface area contributed by atoms with E-state index in [1.165, 1.54) is 5.56 Å². The Balaban J connectivity index is 0.00000529. The number of benzene rings is 1. The van der Waals surface area contributed by atoms with Crippen molar-refractivity contribution in [2.24, 2.45) is 4.99 Å². The number of halogens is 1. The molecule has 0 aliphatic heterocycles. The van der Waals surface area contributed by atoms with Gasteiger partial charge in [-0.25, -0.2) is 4.99 Å². The Labute approximate surface area is 161 Å². The number of methoxy groups -OCH3 is 1. The van der Waals surface area contributed by atoms with Gasteiger partial charge in [0.1, 0.15) is 6.54 Å². The molecule has 24 heavy (non-hydrogen) atoms. The highest BCUT2D eigenvalue weighted by Crippen LogP contribution is 1.97. The normalized spacial score (nSPS) is 12.0. The monoisotopic (exact) mass is 448 g/mol. The van der Waals surface area contributed by atoms with Gasteiger partial charge in [0.15, 0.2) is 5.96 Å². The molecule has 1 unspecified atom stereocenters. The zero-order valence-corrected chi connectivity index (χ0v) is 17.0. The molecule has 0 saturated carbocycles. The molecule has 0 fully saturated rings. The molecule has 1 aromatic carbocycles. The Morgan fingerprint density at radius 2 is 1.96 bits per heavy atom. The van der Waals surface area contributed by atoms with E-state index < -0.39 is 0 Å². The summed E-state index contributed by atoms with van der Waals surface area (Å²) in [6, 6.07) is 10.2. The lowest BCUT2D eigenvalue weighted by Gasteiger charge is -2.16. The summed E-state index contributed by atoms with van der Waals surface area (Å²) in [6.45, 7) is 6.01. The van der Waals surface area contributed by atoms with Gasteiger partial charge in [-0.1, -0.05) is 30.3 Å². The van der Waals surface area contributed by atoms with E-state index in [1.54, 1.807) is 7.11 Å². The molecule has 7 heteroatoms. The summed E-state index contributed by atoms with van der Waals surface area (Å²) in [6.07, 6.45) is 0.819. The maximum Gasteiger partial charge on any atom is 0.241 e. The Morgan fingerprint density at radius 3 is 2.58 bits per heavy atom. The molecular weight excluding hydrogens is 419 g/mol. The first-order valence-electron chi connectivity index (χ1n) is 8.00. The molecule has 6 nitrogen and oxygen atoms in total. The lowest BCUT2D eigenvalue weighted by atomic mass is 10.1. The number of carbonyl (C=O) groups is 1. The first kappa shape index (κ1) is 22.6. The van der Waals surface area contributed by atoms with Gasteiger partial charge in [0.05, 0.1) is 6.61 Å². The molecule has 136 valence electrons. The number of ether oxygens (including phenoxy) is 1. The fraction of sp³-hybridized carbons (Fsp3) is 0.529. The Morgan fingerprint density at radius 1 is 1.25 bits per heavy atom. The van der Waals surface area contributed by atoms with Crippen LogP contribution in [0.25, 0.3) is 0 Å². The predicted octanol–water partition coefficient (Wildman–Crippen LogP) is 1.55. The molecule has 0 saturated heterocycles. The quantitative estimate of drug-likeness (QED) is 0.305. The van der Waals surface area contributed by atoms with E-state index in [-0.39, 0.29) is 42.5 Å². The van der Waals surface area contributed by atoms with E-state index in [0.29, 0.717) is 19.1 Å². The van der Waals surface area contributed by atoms with Gasteiger partial charge in [-0.15, -0.1) is 24.0 Å². The number of aliphatic imine (C=N–C) groups is 1. The van der Waals surface area contributed by atoms with Crippen molar-refractivity contribution in [1.82, 2.24) is 16.0 Å². The van der Waals surface area contributed by atoms with Crippen LogP contribution in [0.15, 0.2) is 35.3 Å². The number of hydrogen-bond donors (Lipinski definition) is 3. The summed E-state index contributed by atoms with van der Waals surface area (Å²) in [5.74, 6) is 0.535. The summed E-state index contributed by atoms with van der Waals surface area (Å²) in [5.41, 5.74) is 1.21. The summed E-state index contributed by atoms with van der Waals surface area (Å²) in [4.78, 5) is 16.1. The minimum absolute atomic E-state index is 0. The second-order valence-electron chi connectivity index (χ2n) is 5.28. The molecule has 0 aliphatic carbocycles. The number of guanidine groups is 1. The lowest BCUT2D eigenvalue weighted by Crippen LogP contribution is -2.44. The van der Waals surface area contributed by atoms with Gasteiger partial charge >= 0.3 is 0 Å². The van der Waals surface area contributed by atoms with Crippen molar-refractivity contribution < 1.29 is 9.53 Å². The molecular formula is C17H29IN4O2. The number of nitrogens with one attached hydrogen (secondary N) is 3. The smallest absolute Gasteiger partial charge is 0.241 e. The van der Waals surface area contributed by atoms with Crippen LogP contribution in [0.5, 0.6) is 0 Å². The van der Waals surface area contributed by atoms with Crippen LogP contribution in [0.4, 0.5) is 0 Å². The molecule has 0 aliphatic rings. The minimum atomic E-state index is -0.0856. The molecule has 0 aromatic heterocycles. The summed E-state index contributed by atoms with van der Waals surface area (Å²) < 4.78 is 5.08. The van der Waals surface area contributed by atoms with Crippen LogP contribution < -0.4 is 16.0 Å². The minimum Gasteiger partial charge on any atom is -0.383 e. The Kier molecular flexibility index (Phi) is 13.2. The number of hydrogen-bond acceptors (Lipinski definition) is 3. The number of rotatable bonds is 9. The average Bonchev–Trinajstić information content (AvgIpc) is 2.54. The van der Waals surface area contributed by atoms with Crippen LogP contribution in [0.1, 0.15) is 19.4 Å². The van der Waals surface area contributed by atoms with Crippen molar-refractivity contribution in [3.05, 3.63) is 35.9 Å². The Bertz CT molecular complexity index is 483. The van der Waals surface area contributed by atoms with Crippen LogP contribution in [0.3, 0.4) is 0 Å². The largest absolute Gasteiger partial charge is 0.383 e.